The highest BCUT2D eigenvalue weighted by molar-refractivity contribution is 7.76. The van der Waals surface area contributed by atoms with Gasteiger partial charge in [0.15, 0.2) is 0 Å². The van der Waals surface area contributed by atoms with Crippen molar-refractivity contribution in [3.63, 3.8) is 0 Å². The molecule has 0 radical (unpaired) electrons. The van der Waals surface area contributed by atoms with Crippen LogP contribution in [0, 0.1) is 11.2 Å². The number of benzene rings is 1. The molecule has 2 fully saturated rings. The minimum Gasteiger partial charge on any atom is -0.483 e. The van der Waals surface area contributed by atoms with Gasteiger partial charge in [0.2, 0.25) is 5.76 Å². The van der Waals surface area contributed by atoms with Crippen molar-refractivity contribution >= 4 is 35.4 Å². The average molecular weight is 451 g/mol. The molecule has 0 unspecified atom stereocenters. The number of piperazine rings is 1. The molecule has 1 aromatic rings. The summed E-state index contributed by atoms with van der Waals surface area (Å²) >= 11 is 1.30. The fourth-order valence-corrected chi connectivity index (χ4v) is 4.94. The highest BCUT2D eigenvalue weighted by Gasteiger charge is 2.30. The Morgan fingerprint density at radius 1 is 1.29 bits per heavy atom. The first-order valence-corrected chi connectivity index (χ1v) is 11.8. The molecule has 0 bridgehead atoms. The minimum atomic E-state index is -0.590. The lowest BCUT2D eigenvalue weighted by molar-refractivity contribution is -0.117. The van der Waals surface area contributed by atoms with Gasteiger partial charge in [0, 0.05) is 25.0 Å². The van der Waals surface area contributed by atoms with Gasteiger partial charge in [0.1, 0.15) is 16.8 Å². The number of nitrogens with one attached hydrogen (secondary N) is 2. The second-order valence-corrected chi connectivity index (χ2v) is 10.1. The highest BCUT2D eigenvalue weighted by Crippen LogP contribution is 2.26. The van der Waals surface area contributed by atoms with Crippen molar-refractivity contribution in [2.45, 2.75) is 50.9 Å². The molecule has 7 nitrogen and oxygen atoms in total. The molecule has 9 heteroatoms. The summed E-state index contributed by atoms with van der Waals surface area (Å²) in [5.41, 5.74) is 6.33. The van der Waals surface area contributed by atoms with Crippen LogP contribution in [-0.2, 0) is 21.5 Å². The Bertz CT molecular complexity index is 818. The molecule has 3 rings (SSSR count). The number of allylic oxidation sites excluding steroid dienone is 1. The quantitative estimate of drug-likeness (QED) is 0.141. The number of ether oxygens (including phenoxy) is 1. The number of rotatable bonds is 8. The zero-order valence-corrected chi connectivity index (χ0v) is 19.1. The van der Waals surface area contributed by atoms with Crippen LogP contribution in [0.5, 0.6) is 0 Å². The van der Waals surface area contributed by atoms with Gasteiger partial charge < -0.3 is 26.1 Å². The van der Waals surface area contributed by atoms with E-state index in [0.717, 1.165) is 38.8 Å². The van der Waals surface area contributed by atoms with Crippen molar-refractivity contribution < 1.29 is 13.9 Å². The van der Waals surface area contributed by atoms with E-state index in [1.165, 1.54) is 30.3 Å². The Hall–Kier alpha value is -2.26. The minimum absolute atomic E-state index is 0.0229. The molecule has 0 atom stereocenters. The Morgan fingerprint density at radius 2 is 1.97 bits per heavy atom. The smallest absolute Gasteiger partial charge is 0.293 e. The van der Waals surface area contributed by atoms with Crippen LogP contribution in [0.1, 0.15) is 39.5 Å². The number of nitrogen functional groups attached to an aromatic ring is 1. The Labute approximate surface area is 187 Å². The van der Waals surface area contributed by atoms with E-state index in [2.05, 4.69) is 23.5 Å². The van der Waals surface area contributed by atoms with Gasteiger partial charge in [0.05, 0.1) is 36.8 Å². The molecule has 4 N–H and O–H groups in total. The number of carbonyl (C=O) groups is 1. The van der Waals surface area contributed by atoms with Crippen molar-refractivity contribution in [1.82, 2.24) is 9.21 Å². The van der Waals surface area contributed by atoms with Crippen molar-refractivity contribution in [3.05, 3.63) is 35.5 Å². The standard InChI is InChI=1S/C22H32FN5O2S/c1-15(2)31-28-11-9-27(10-12-28)20(14-24)21(30-17-5-3-4-6-17)22(29)26-16-7-8-19(25)18(23)13-16/h7-8,13-15,17,24H,3-6,9-12,25H2,1-2H3,(H,26,29)/p+1/b21-20-,24-14?. The van der Waals surface area contributed by atoms with E-state index in [9.17, 15) is 9.18 Å². The van der Waals surface area contributed by atoms with Crippen LogP contribution in [0.2, 0.25) is 0 Å². The number of hydrogen-bond donors (Lipinski definition) is 3. The maximum Gasteiger partial charge on any atom is 0.293 e. The second kappa shape index (κ2) is 10.9. The van der Waals surface area contributed by atoms with E-state index >= 15 is 0 Å². The lowest BCUT2D eigenvalue weighted by Crippen LogP contribution is -2.47. The number of amides is 1. The molecular formula is C22H33FN5O2S+. The first kappa shape index (κ1) is 23.4. The summed E-state index contributed by atoms with van der Waals surface area (Å²) in [6.07, 6.45) is 5.06. The molecule has 1 heterocycles. The Balaban J connectivity index is 1.81. The SMILES string of the molecule is CC(C)[SH+]N1CCN(/C(C=N)=C(\OC2CCCC2)C(=O)Nc2ccc(N)c(F)c2)CC1. The molecule has 2 aliphatic rings. The summed E-state index contributed by atoms with van der Waals surface area (Å²) in [4.78, 5) is 15.2. The first-order chi connectivity index (χ1) is 14.9. The van der Waals surface area contributed by atoms with Crippen LogP contribution in [0.15, 0.2) is 29.7 Å². The molecule has 0 spiro atoms. The molecule has 1 aliphatic heterocycles. The zero-order chi connectivity index (χ0) is 22.4. The van der Waals surface area contributed by atoms with E-state index in [0.29, 0.717) is 29.7 Å². The predicted molar refractivity (Wildman–Crippen MR) is 126 cm³/mol. The monoisotopic (exact) mass is 450 g/mol. The van der Waals surface area contributed by atoms with Crippen molar-refractivity contribution in [2.24, 2.45) is 0 Å². The number of halogens is 1. The summed E-state index contributed by atoms with van der Waals surface area (Å²) in [5.74, 6) is -0.931. The molecule has 31 heavy (non-hydrogen) atoms. The van der Waals surface area contributed by atoms with Gasteiger partial charge >= 0.3 is 0 Å². The van der Waals surface area contributed by atoms with Gasteiger partial charge in [-0.2, -0.15) is 0 Å². The molecule has 0 aromatic heterocycles. The third-order valence-corrected chi connectivity index (χ3v) is 6.60. The van der Waals surface area contributed by atoms with Gasteiger partial charge in [-0.05, 0) is 57.7 Å². The summed E-state index contributed by atoms with van der Waals surface area (Å²) in [7, 11) is 0. The molecule has 1 aromatic carbocycles. The zero-order valence-electron chi connectivity index (χ0n) is 18.2. The maximum absolute atomic E-state index is 13.8. The van der Waals surface area contributed by atoms with E-state index in [-0.39, 0.29) is 17.6 Å². The summed E-state index contributed by atoms with van der Waals surface area (Å²) in [5, 5.41) is 11.3. The number of nitrogens with two attached hydrogens (primary N) is 1. The lowest BCUT2D eigenvalue weighted by atomic mass is 10.2. The van der Waals surface area contributed by atoms with Crippen LogP contribution in [0.3, 0.4) is 0 Å². The van der Waals surface area contributed by atoms with E-state index < -0.39 is 11.7 Å². The molecular weight excluding hydrogens is 417 g/mol. The molecule has 1 aliphatic carbocycles. The van der Waals surface area contributed by atoms with Gasteiger partial charge in [-0.1, -0.05) is 0 Å². The van der Waals surface area contributed by atoms with Gasteiger partial charge in [-0.3, -0.25) is 4.79 Å². The van der Waals surface area contributed by atoms with Crippen LogP contribution >= 0.6 is 0 Å². The van der Waals surface area contributed by atoms with E-state index in [4.69, 9.17) is 15.9 Å². The normalized spacial score (nSPS) is 18.8. The lowest BCUT2D eigenvalue weighted by Gasteiger charge is -2.33. The van der Waals surface area contributed by atoms with Crippen LogP contribution in [-0.4, -0.2) is 58.9 Å². The molecule has 1 amide bonds. The van der Waals surface area contributed by atoms with E-state index in [1.807, 2.05) is 4.90 Å². The topological polar surface area (TPSA) is 94.7 Å². The van der Waals surface area contributed by atoms with Gasteiger partial charge in [-0.15, -0.1) is 4.31 Å². The third-order valence-electron chi connectivity index (χ3n) is 5.41. The average Bonchev–Trinajstić information content (AvgIpc) is 3.24. The van der Waals surface area contributed by atoms with Crippen molar-refractivity contribution in [1.29, 1.82) is 5.41 Å². The summed E-state index contributed by atoms with van der Waals surface area (Å²) < 4.78 is 22.3. The third kappa shape index (κ3) is 6.36. The molecule has 1 saturated heterocycles. The fraction of sp³-hybridized carbons (Fsp3) is 0.545. The van der Waals surface area contributed by atoms with Crippen LogP contribution in [0.25, 0.3) is 0 Å². The highest BCUT2D eigenvalue weighted by atomic mass is 32.2. The summed E-state index contributed by atoms with van der Waals surface area (Å²) in [6.45, 7) is 7.53. The second-order valence-electron chi connectivity index (χ2n) is 8.22. The van der Waals surface area contributed by atoms with Crippen molar-refractivity contribution in [3.8, 4) is 0 Å². The predicted octanol–water partition coefficient (Wildman–Crippen LogP) is 2.92. The maximum atomic E-state index is 13.8. The molecule has 170 valence electrons. The van der Waals surface area contributed by atoms with E-state index in [1.54, 1.807) is 6.07 Å². The number of carbonyl (C=O) groups excluding carboxylic acids is 1. The van der Waals surface area contributed by atoms with Gasteiger partial charge in [0.25, 0.3) is 5.91 Å². The number of thiol groups is 1. The Morgan fingerprint density at radius 3 is 2.55 bits per heavy atom. The molecule has 1 saturated carbocycles. The van der Waals surface area contributed by atoms with Crippen LogP contribution in [0.4, 0.5) is 15.8 Å². The number of anilines is 2. The first-order valence-electron chi connectivity index (χ1n) is 10.9. The summed E-state index contributed by atoms with van der Waals surface area (Å²) in [6, 6.07) is 4.16. The number of hydrogen-bond acceptors (Lipinski definition) is 6. The Kier molecular flexibility index (Phi) is 8.20. The van der Waals surface area contributed by atoms with Crippen molar-refractivity contribution in [2.75, 3.05) is 37.2 Å². The number of nitrogens with zero attached hydrogens (tertiary/aromatic N) is 2. The van der Waals surface area contributed by atoms with Gasteiger partial charge in [-0.25, -0.2) is 4.39 Å². The fourth-order valence-electron chi connectivity index (χ4n) is 3.88. The largest absolute Gasteiger partial charge is 0.483 e. The van der Waals surface area contributed by atoms with Crippen LogP contribution < -0.4 is 11.1 Å².